The topological polar surface area (TPSA) is 72.5 Å². The molecule has 0 heterocycles. The van der Waals surface area contributed by atoms with Gasteiger partial charge >= 0.3 is 0 Å². The molecule has 0 saturated heterocycles. The molecule has 0 N–H and O–H groups in total. The van der Waals surface area contributed by atoms with Gasteiger partial charge in [0.05, 0.1) is 6.07 Å². The Kier molecular flexibility index (Phi) is 3.93. The molecule has 9 heavy (non-hydrogen) atoms. The minimum atomic E-state index is 0.260. The summed E-state index contributed by atoms with van der Waals surface area (Å²) in [6, 6.07) is 1.90. The van der Waals surface area contributed by atoms with E-state index in [1.165, 1.54) is 0 Å². The van der Waals surface area contributed by atoms with Crippen molar-refractivity contribution in [3.8, 4) is 6.07 Å². The zero-order valence-electron chi connectivity index (χ0n) is 5.07. The molecule has 0 radical (unpaired) electrons. The minimum Gasteiger partial charge on any atom is -0.193 e. The van der Waals surface area contributed by atoms with Crippen molar-refractivity contribution >= 4 is 0 Å². The zero-order valence-corrected chi connectivity index (χ0v) is 5.07. The molecule has 0 bridgehead atoms. The molecule has 0 atom stereocenters. The largest absolute Gasteiger partial charge is 0.193 e. The average Bonchev–Trinajstić information content (AvgIpc) is 1.89. The molecule has 0 spiro atoms. The molecule has 4 nitrogen and oxygen atoms in total. The van der Waals surface area contributed by atoms with Crippen LogP contribution in [0.5, 0.6) is 0 Å². The van der Waals surface area contributed by atoms with Crippen molar-refractivity contribution in [3.63, 3.8) is 0 Å². The van der Waals surface area contributed by atoms with Gasteiger partial charge in [0.2, 0.25) is 0 Å². The summed E-state index contributed by atoms with van der Waals surface area (Å²) in [4.78, 5) is 2.51. The Morgan fingerprint density at radius 1 is 2.00 bits per heavy atom. The second-order valence-corrected chi connectivity index (χ2v) is 1.41. The van der Waals surface area contributed by atoms with Crippen LogP contribution in [-0.4, -0.2) is 6.54 Å². The summed E-state index contributed by atoms with van der Waals surface area (Å²) in [5, 5.41) is 11.4. The number of hydrogen-bond donors (Lipinski definition) is 0. The third-order valence-corrected chi connectivity index (χ3v) is 0.719. The van der Waals surface area contributed by atoms with Crippen LogP contribution in [0.2, 0.25) is 0 Å². The maximum Gasteiger partial charge on any atom is 0.0940 e. The van der Waals surface area contributed by atoms with E-state index in [1.54, 1.807) is 13.0 Å². The van der Waals surface area contributed by atoms with E-state index in [1.807, 2.05) is 6.07 Å². The highest BCUT2D eigenvalue weighted by Crippen LogP contribution is 1.87. The third-order valence-electron chi connectivity index (χ3n) is 0.719. The first-order valence-electron chi connectivity index (χ1n) is 2.39. The first-order chi connectivity index (χ1) is 4.31. The predicted molar refractivity (Wildman–Crippen MR) is 33.4 cm³/mol. The standard InChI is InChI=1S/C5H6N4/c1-5(4-6)2-3-8-9-7/h2H,3H2,1H3/b5-2-. The van der Waals surface area contributed by atoms with Crippen LogP contribution >= 0.6 is 0 Å². The number of hydrogen-bond acceptors (Lipinski definition) is 2. The van der Waals surface area contributed by atoms with Gasteiger partial charge in [0.1, 0.15) is 0 Å². The lowest BCUT2D eigenvalue weighted by molar-refractivity contribution is 1.19. The first kappa shape index (κ1) is 7.54. The van der Waals surface area contributed by atoms with Crippen LogP contribution in [0.4, 0.5) is 0 Å². The number of nitriles is 1. The summed E-state index contributed by atoms with van der Waals surface area (Å²) < 4.78 is 0. The third kappa shape index (κ3) is 4.39. The molecule has 0 unspecified atom stereocenters. The Labute approximate surface area is 53.0 Å². The van der Waals surface area contributed by atoms with Crippen molar-refractivity contribution in [2.45, 2.75) is 6.92 Å². The van der Waals surface area contributed by atoms with E-state index in [-0.39, 0.29) is 6.54 Å². The highest BCUT2D eigenvalue weighted by molar-refractivity contribution is 5.17. The fourth-order valence-corrected chi connectivity index (χ4v) is 0.260. The fourth-order valence-electron chi connectivity index (χ4n) is 0.260. The Balaban J connectivity index is 3.73. The molecular formula is C5H6N4. The van der Waals surface area contributed by atoms with E-state index in [4.69, 9.17) is 10.8 Å². The number of nitrogens with zero attached hydrogens (tertiary/aromatic N) is 4. The van der Waals surface area contributed by atoms with Crippen molar-refractivity contribution in [3.05, 3.63) is 22.1 Å². The van der Waals surface area contributed by atoms with Gasteiger partial charge in [-0.2, -0.15) is 5.26 Å². The molecule has 0 rings (SSSR count). The normalized spacial score (nSPS) is 9.56. The van der Waals surface area contributed by atoms with E-state index < -0.39 is 0 Å². The number of rotatable bonds is 2. The van der Waals surface area contributed by atoms with Crippen molar-refractivity contribution in [2.24, 2.45) is 5.11 Å². The molecule has 0 aromatic carbocycles. The van der Waals surface area contributed by atoms with Gasteiger partial charge < -0.3 is 0 Å². The molecule has 0 amide bonds. The minimum absolute atomic E-state index is 0.260. The highest BCUT2D eigenvalue weighted by Gasteiger charge is 1.78. The van der Waals surface area contributed by atoms with Crippen LogP contribution in [0.1, 0.15) is 6.92 Å². The summed E-state index contributed by atoms with van der Waals surface area (Å²) in [6.07, 6.45) is 1.57. The molecule has 0 aromatic heterocycles. The molecule has 0 aliphatic carbocycles. The second-order valence-electron chi connectivity index (χ2n) is 1.41. The molecule has 0 saturated carbocycles. The van der Waals surface area contributed by atoms with E-state index in [0.717, 1.165) is 0 Å². The smallest absolute Gasteiger partial charge is 0.0940 e. The van der Waals surface area contributed by atoms with E-state index in [9.17, 15) is 0 Å². The molecule has 4 heteroatoms. The van der Waals surface area contributed by atoms with Gasteiger partial charge in [0.25, 0.3) is 0 Å². The van der Waals surface area contributed by atoms with Crippen LogP contribution in [0.15, 0.2) is 16.8 Å². The van der Waals surface area contributed by atoms with Crippen LogP contribution in [0.3, 0.4) is 0 Å². The summed E-state index contributed by atoms with van der Waals surface area (Å²) in [5.74, 6) is 0. The molecule has 0 aromatic rings. The van der Waals surface area contributed by atoms with Crippen LogP contribution in [0.25, 0.3) is 10.4 Å². The fraction of sp³-hybridized carbons (Fsp3) is 0.400. The molecule has 0 aliphatic heterocycles. The lowest BCUT2D eigenvalue weighted by Crippen LogP contribution is -1.71. The first-order valence-corrected chi connectivity index (χ1v) is 2.39. The van der Waals surface area contributed by atoms with E-state index >= 15 is 0 Å². The molecule has 0 fully saturated rings. The molecule has 0 aliphatic rings. The van der Waals surface area contributed by atoms with Gasteiger partial charge in [-0.05, 0) is 12.5 Å². The molecular weight excluding hydrogens is 116 g/mol. The van der Waals surface area contributed by atoms with Gasteiger partial charge in [-0.25, -0.2) is 0 Å². The summed E-state index contributed by atoms with van der Waals surface area (Å²) in [5.41, 5.74) is 8.37. The summed E-state index contributed by atoms with van der Waals surface area (Å²) in [6.45, 7) is 1.92. The quantitative estimate of drug-likeness (QED) is 0.238. The Morgan fingerprint density at radius 3 is 3.11 bits per heavy atom. The van der Waals surface area contributed by atoms with Crippen LogP contribution in [0, 0.1) is 11.3 Å². The van der Waals surface area contributed by atoms with Gasteiger partial charge in [0.15, 0.2) is 0 Å². The number of azide groups is 1. The van der Waals surface area contributed by atoms with E-state index in [2.05, 4.69) is 10.0 Å². The second kappa shape index (κ2) is 4.69. The van der Waals surface area contributed by atoms with Gasteiger partial charge in [-0.3, -0.25) is 0 Å². The monoisotopic (exact) mass is 122 g/mol. The summed E-state index contributed by atoms with van der Waals surface area (Å²) >= 11 is 0. The van der Waals surface area contributed by atoms with Crippen LogP contribution in [-0.2, 0) is 0 Å². The van der Waals surface area contributed by atoms with Crippen molar-refractivity contribution in [1.82, 2.24) is 0 Å². The Bertz CT molecular complexity index is 191. The van der Waals surface area contributed by atoms with Gasteiger partial charge in [-0.15, -0.1) is 0 Å². The molecule has 46 valence electrons. The lowest BCUT2D eigenvalue weighted by Gasteiger charge is -1.78. The van der Waals surface area contributed by atoms with Crippen molar-refractivity contribution < 1.29 is 0 Å². The maximum absolute atomic E-state index is 8.18. The Hall–Kier alpha value is -1.46. The van der Waals surface area contributed by atoms with E-state index in [0.29, 0.717) is 5.57 Å². The number of allylic oxidation sites excluding steroid dienone is 1. The van der Waals surface area contributed by atoms with Crippen LogP contribution < -0.4 is 0 Å². The SMILES string of the molecule is C/C(C#N)=C/CN=[N+]=[N-]. The zero-order chi connectivity index (χ0) is 7.11. The predicted octanol–water partition coefficient (Wildman–Crippen LogP) is 1.77. The summed E-state index contributed by atoms with van der Waals surface area (Å²) in [7, 11) is 0. The lowest BCUT2D eigenvalue weighted by atomic mass is 10.3. The maximum atomic E-state index is 8.18. The Morgan fingerprint density at radius 2 is 2.67 bits per heavy atom. The average molecular weight is 122 g/mol. The highest BCUT2D eigenvalue weighted by atomic mass is 15.1. The van der Waals surface area contributed by atoms with Gasteiger partial charge in [0, 0.05) is 17.0 Å². The van der Waals surface area contributed by atoms with Crippen molar-refractivity contribution in [1.29, 1.82) is 5.26 Å². The van der Waals surface area contributed by atoms with Gasteiger partial charge in [-0.1, -0.05) is 11.2 Å². The van der Waals surface area contributed by atoms with Crippen molar-refractivity contribution in [2.75, 3.05) is 6.54 Å².